The van der Waals surface area contributed by atoms with Gasteiger partial charge in [-0.05, 0) is 57.1 Å². The number of hydrogen-bond acceptors (Lipinski definition) is 7. The van der Waals surface area contributed by atoms with Crippen molar-refractivity contribution in [3.63, 3.8) is 0 Å². The van der Waals surface area contributed by atoms with Gasteiger partial charge in [-0.1, -0.05) is 6.42 Å². The summed E-state index contributed by atoms with van der Waals surface area (Å²) >= 11 is 0. The Bertz CT molecular complexity index is 897. The van der Waals surface area contributed by atoms with Gasteiger partial charge in [0.2, 0.25) is 5.91 Å². The van der Waals surface area contributed by atoms with E-state index >= 15 is 0 Å². The number of carbonyl (C=O) groups is 1. The normalized spacial score (nSPS) is 26.9. The zero-order chi connectivity index (χ0) is 22.7. The van der Waals surface area contributed by atoms with Gasteiger partial charge in [-0.15, -0.1) is 0 Å². The van der Waals surface area contributed by atoms with Crippen molar-refractivity contribution in [1.29, 1.82) is 0 Å². The van der Waals surface area contributed by atoms with Crippen LogP contribution in [0.1, 0.15) is 31.2 Å². The molecule has 1 aromatic rings. The molecule has 0 bridgehead atoms. The number of pyridine rings is 1. The number of nitrogens with zero attached hydrogens (tertiary/aromatic N) is 5. The van der Waals surface area contributed by atoms with E-state index in [4.69, 9.17) is 5.73 Å². The second-order valence-corrected chi connectivity index (χ2v) is 11.2. The maximum Gasteiger partial charge on any atom is 0.260 e. The number of piperazine rings is 1. The Labute approximate surface area is 191 Å². The number of rotatable bonds is 5. The van der Waals surface area contributed by atoms with Crippen LogP contribution in [0.25, 0.3) is 0 Å². The van der Waals surface area contributed by atoms with Gasteiger partial charge in [0.1, 0.15) is 0 Å². The molecule has 2 N–H and O–H groups in total. The molecule has 178 valence electrons. The first kappa shape index (κ1) is 23.6. The molecule has 1 aromatic heterocycles. The van der Waals surface area contributed by atoms with Crippen LogP contribution in [0.2, 0.25) is 0 Å². The van der Waals surface area contributed by atoms with E-state index < -0.39 is 10.0 Å². The van der Waals surface area contributed by atoms with Crippen molar-refractivity contribution in [1.82, 2.24) is 24.0 Å². The summed E-state index contributed by atoms with van der Waals surface area (Å²) in [6, 6.07) is 3.33. The van der Waals surface area contributed by atoms with Crippen LogP contribution in [-0.2, 0) is 21.4 Å². The topological polar surface area (TPSA) is 103 Å². The van der Waals surface area contributed by atoms with Gasteiger partial charge in [0.25, 0.3) is 10.0 Å². The fraction of sp³-hybridized carbons (Fsp3) is 0.727. The summed E-state index contributed by atoms with van der Waals surface area (Å²) in [6.45, 7) is 5.92. The van der Waals surface area contributed by atoms with Crippen LogP contribution < -0.4 is 5.73 Å². The van der Waals surface area contributed by atoms with Crippen LogP contribution in [0.15, 0.2) is 23.4 Å². The van der Waals surface area contributed by atoms with Gasteiger partial charge in [0.15, 0.2) is 5.03 Å². The van der Waals surface area contributed by atoms with E-state index in [2.05, 4.69) is 21.8 Å². The number of amides is 1. The van der Waals surface area contributed by atoms with Crippen LogP contribution in [0, 0.1) is 5.92 Å². The molecule has 0 aliphatic carbocycles. The zero-order valence-corrected chi connectivity index (χ0v) is 19.8. The predicted molar refractivity (Wildman–Crippen MR) is 122 cm³/mol. The molecule has 3 aliphatic heterocycles. The number of likely N-dealkylation sites (N-methyl/N-ethyl adjacent to an activating group) is 1. The first-order valence-corrected chi connectivity index (χ1v) is 13.2. The molecule has 0 unspecified atom stereocenters. The van der Waals surface area contributed by atoms with E-state index in [1.807, 2.05) is 4.90 Å². The number of aromatic nitrogens is 1. The second-order valence-electron chi connectivity index (χ2n) is 9.34. The molecule has 3 fully saturated rings. The van der Waals surface area contributed by atoms with Crippen LogP contribution in [0.5, 0.6) is 0 Å². The van der Waals surface area contributed by atoms with Gasteiger partial charge in [-0.2, -0.15) is 4.31 Å². The van der Waals surface area contributed by atoms with Gasteiger partial charge < -0.3 is 15.5 Å². The maximum atomic E-state index is 13.5. The van der Waals surface area contributed by atoms with Crippen molar-refractivity contribution in [2.24, 2.45) is 11.7 Å². The standard InChI is InChI=1S/C22H36N6O3S/c1-25-9-11-27(12-10-25)22(29)19-14-20(26-7-3-2-4-8-26)17-28(16-19)32(30,31)21-13-18(15-23)5-6-24-21/h5-6,13,19-20H,2-4,7-12,14-17,23H2,1H3/t19-,20+/m0/s1. The van der Waals surface area contributed by atoms with E-state index in [0.29, 0.717) is 26.1 Å². The third kappa shape index (κ3) is 5.14. The fourth-order valence-electron chi connectivity index (χ4n) is 5.09. The lowest BCUT2D eigenvalue weighted by molar-refractivity contribution is -0.139. The molecule has 0 aromatic carbocycles. The lowest BCUT2D eigenvalue weighted by Gasteiger charge is -2.44. The molecule has 10 heteroatoms. The molecule has 4 heterocycles. The minimum atomic E-state index is -3.81. The van der Waals surface area contributed by atoms with Crippen LogP contribution in [0.3, 0.4) is 0 Å². The Morgan fingerprint density at radius 1 is 1.09 bits per heavy atom. The third-order valence-corrected chi connectivity index (χ3v) is 8.84. The van der Waals surface area contributed by atoms with Crippen molar-refractivity contribution >= 4 is 15.9 Å². The summed E-state index contributed by atoms with van der Waals surface area (Å²) in [6.07, 6.45) is 5.67. The highest BCUT2D eigenvalue weighted by atomic mass is 32.2. The molecule has 0 spiro atoms. The molecule has 9 nitrogen and oxygen atoms in total. The molecule has 2 atom stereocenters. The van der Waals surface area contributed by atoms with Gasteiger partial charge >= 0.3 is 0 Å². The van der Waals surface area contributed by atoms with Crippen molar-refractivity contribution in [2.45, 2.75) is 43.3 Å². The number of likely N-dealkylation sites (tertiary alicyclic amines) is 1. The highest BCUT2D eigenvalue weighted by molar-refractivity contribution is 7.89. The summed E-state index contributed by atoms with van der Waals surface area (Å²) in [5.41, 5.74) is 6.45. The maximum absolute atomic E-state index is 13.5. The molecule has 1 amide bonds. The Balaban J connectivity index is 1.58. The number of sulfonamides is 1. The monoisotopic (exact) mass is 464 g/mol. The average Bonchev–Trinajstić information content (AvgIpc) is 2.84. The molecule has 3 saturated heterocycles. The molecular weight excluding hydrogens is 428 g/mol. The summed E-state index contributed by atoms with van der Waals surface area (Å²) in [5.74, 6) is -0.241. The van der Waals surface area contributed by atoms with Crippen molar-refractivity contribution < 1.29 is 13.2 Å². The SMILES string of the molecule is CN1CCN(C(=O)[C@H]2C[C@@H](N3CCCCC3)CN(S(=O)(=O)c3cc(CN)ccn3)C2)CC1. The quantitative estimate of drug-likeness (QED) is 0.663. The van der Waals surface area contributed by atoms with Crippen molar-refractivity contribution in [3.05, 3.63) is 23.9 Å². The molecule has 0 saturated carbocycles. The van der Waals surface area contributed by atoms with E-state index in [1.165, 1.54) is 16.9 Å². The smallest absolute Gasteiger partial charge is 0.260 e. The summed E-state index contributed by atoms with van der Waals surface area (Å²) < 4.78 is 28.6. The first-order valence-electron chi connectivity index (χ1n) is 11.7. The minimum Gasteiger partial charge on any atom is -0.340 e. The third-order valence-electron chi connectivity index (χ3n) is 7.11. The van der Waals surface area contributed by atoms with Crippen molar-refractivity contribution in [3.8, 4) is 0 Å². The molecule has 4 rings (SSSR count). The van der Waals surface area contributed by atoms with Crippen LogP contribution >= 0.6 is 0 Å². The van der Waals surface area contributed by atoms with E-state index in [1.54, 1.807) is 12.1 Å². The molecule has 0 radical (unpaired) electrons. The van der Waals surface area contributed by atoms with E-state index in [9.17, 15) is 13.2 Å². The first-order chi connectivity index (χ1) is 15.4. The van der Waals surface area contributed by atoms with Gasteiger partial charge in [-0.25, -0.2) is 13.4 Å². The largest absolute Gasteiger partial charge is 0.340 e. The van der Waals surface area contributed by atoms with Gasteiger partial charge in [0.05, 0.1) is 5.92 Å². The minimum absolute atomic E-state index is 0.0190. The summed E-state index contributed by atoms with van der Waals surface area (Å²) in [4.78, 5) is 24.1. The Morgan fingerprint density at radius 2 is 1.81 bits per heavy atom. The molecule has 32 heavy (non-hydrogen) atoms. The van der Waals surface area contributed by atoms with Crippen LogP contribution in [0.4, 0.5) is 0 Å². The Hall–Kier alpha value is -1.59. The molecular formula is C22H36N6O3S. The average molecular weight is 465 g/mol. The highest BCUT2D eigenvalue weighted by Crippen LogP contribution is 2.29. The zero-order valence-electron chi connectivity index (χ0n) is 19.0. The van der Waals surface area contributed by atoms with Gasteiger partial charge in [-0.3, -0.25) is 9.69 Å². The lowest BCUT2D eigenvalue weighted by atomic mass is 9.92. The number of piperidine rings is 2. The lowest BCUT2D eigenvalue weighted by Crippen LogP contribution is -2.58. The van der Waals surface area contributed by atoms with Crippen molar-refractivity contribution in [2.75, 3.05) is 59.4 Å². The van der Waals surface area contributed by atoms with Gasteiger partial charge in [0, 0.05) is 58.1 Å². The predicted octanol–water partition coefficient (Wildman–Crippen LogP) is 0.179. The Morgan fingerprint density at radius 3 is 2.50 bits per heavy atom. The summed E-state index contributed by atoms with van der Waals surface area (Å²) in [7, 11) is -1.75. The van der Waals surface area contributed by atoms with E-state index in [-0.39, 0.29) is 36.0 Å². The number of nitrogens with two attached hydrogens (primary N) is 1. The molecule has 3 aliphatic rings. The summed E-state index contributed by atoms with van der Waals surface area (Å²) in [5, 5.41) is 0.0190. The highest BCUT2D eigenvalue weighted by Gasteiger charge is 2.41. The Kier molecular flexibility index (Phi) is 7.46. The van der Waals surface area contributed by atoms with Crippen LogP contribution in [-0.4, -0.2) is 104 Å². The van der Waals surface area contributed by atoms with E-state index in [0.717, 1.165) is 44.6 Å². The second kappa shape index (κ2) is 10.1. The number of hydrogen-bond donors (Lipinski definition) is 1. The fourth-order valence-corrected chi connectivity index (χ4v) is 6.60. The number of carbonyl (C=O) groups excluding carboxylic acids is 1.